The molecule has 0 fully saturated rings. The van der Waals surface area contributed by atoms with Crippen LogP contribution in [0.15, 0.2) is 124 Å². The molecule has 0 saturated carbocycles. The highest BCUT2D eigenvalue weighted by Gasteiger charge is 2.21. The molecule has 220 valence electrons. The lowest BCUT2D eigenvalue weighted by molar-refractivity contribution is 0.103. The molecule has 0 amide bonds. The third-order valence-corrected chi connectivity index (χ3v) is 7.36. The first-order valence-electron chi connectivity index (χ1n) is 14.6. The fraction of sp³-hybridized carbons (Fsp3) is 0.162. The number of ketones is 1. The Labute approximate surface area is 256 Å². The predicted octanol–water partition coefficient (Wildman–Crippen LogP) is 8.19. The number of carbonyl (C=O) groups is 1. The van der Waals surface area contributed by atoms with Crippen LogP contribution in [0, 0.1) is 13.8 Å². The molecule has 4 aromatic carbocycles. The van der Waals surface area contributed by atoms with Gasteiger partial charge in [0.25, 0.3) is 0 Å². The van der Waals surface area contributed by atoms with Crippen molar-refractivity contribution in [2.45, 2.75) is 32.7 Å². The third kappa shape index (κ3) is 6.79. The number of oxazole rings is 2. The number of rotatable bonds is 12. The highest BCUT2D eigenvalue weighted by molar-refractivity contribution is 6.12. The lowest BCUT2D eigenvalue weighted by Crippen LogP contribution is -2.17. The van der Waals surface area contributed by atoms with Gasteiger partial charge in [-0.2, -0.15) is 0 Å². The summed E-state index contributed by atoms with van der Waals surface area (Å²) < 4.78 is 17.7. The summed E-state index contributed by atoms with van der Waals surface area (Å²) >= 11 is 0. The average molecular weight is 584 g/mol. The second-order valence-electron chi connectivity index (χ2n) is 10.6. The van der Waals surface area contributed by atoms with Gasteiger partial charge in [-0.1, -0.05) is 72.8 Å². The first-order chi connectivity index (χ1) is 21.5. The molecule has 6 rings (SSSR count). The number of aryl methyl sites for hydroxylation is 2. The third-order valence-electron chi connectivity index (χ3n) is 7.36. The monoisotopic (exact) mass is 583 g/mol. The number of hydrogen-bond donors (Lipinski definition) is 1. The van der Waals surface area contributed by atoms with E-state index in [1.807, 2.05) is 123 Å². The number of benzene rings is 4. The molecular formula is C37H33N3O4. The molecule has 0 bridgehead atoms. The van der Waals surface area contributed by atoms with Crippen LogP contribution in [0.25, 0.3) is 11.5 Å². The van der Waals surface area contributed by atoms with Gasteiger partial charge < -0.3 is 18.9 Å². The van der Waals surface area contributed by atoms with Crippen molar-refractivity contribution in [1.82, 2.24) is 9.97 Å². The molecule has 0 aliphatic carbocycles. The molecule has 1 N–H and O–H groups in total. The van der Waals surface area contributed by atoms with Crippen molar-refractivity contribution in [2.75, 3.05) is 11.9 Å². The van der Waals surface area contributed by atoms with E-state index in [0.717, 1.165) is 39.7 Å². The first kappa shape index (κ1) is 28.7. The molecule has 6 aromatic rings. The number of anilines is 1. The van der Waals surface area contributed by atoms with Crippen molar-refractivity contribution in [3.8, 4) is 17.2 Å². The van der Waals surface area contributed by atoms with Crippen LogP contribution in [-0.4, -0.2) is 22.4 Å². The van der Waals surface area contributed by atoms with Crippen LogP contribution >= 0.6 is 0 Å². The Hall–Kier alpha value is -5.43. The quantitative estimate of drug-likeness (QED) is 0.145. The normalized spacial score (nSPS) is 11.7. The molecule has 1 atom stereocenters. The highest BCUT2D eigenvalue weighted by atomic mass is 16.5. The molecule has 0 spiro atoms. The van der Waals surface area contributed by atoms with Crippen LogP contribution in [0.1, 0.15) is 50.6 Å². The van der Waals surface area contributed by atoms with E-state index in [9.17, 15) is 4.79 Å². The topological polar surface area (TPSA) is 90.4 Å². The zero-order valence-corrected chi connectivity index (χ0v) is 24.7. The minimum Gasteiger partial charge on any atom is -0.493 e. The van der Waals surface area contributed by atoms with E-state index < -0.39 is 0 Å². The molecule has 7 nitrogen and oxygen atoms in total. The minimum atomic E-state index is -0.297. The van der Waals surface area contributed by atoms with Crippen LogP contribution in [0.2, 0.25) is 0 Å². The molecule has 0 saturated heterocycles. The van der Waals surface area contributed by atoms with Gasteiger partial charge in [0.1, 0.15) is 23.8 Å². The maximum absolute atomic E-state index is 13.3. The molecule has 0 unspecified atom stereocenters. The Morgan fingerprint density at radius 2 is 1.55 bits per heavy atom. The SMILES string of the molecule is Cc1coc([C@H](Cc2ccc(OCCc3nc(-c4ccccc4)oc3C)cc2)Nc2ccccc2C(=O)c2ccccc2)n1. The summed E-state index contributed by atoms with van der Waals surface area (Å²) in [5.41, 5.74) is 5.66. The summed E-state index contributed by atoms with van der Waals surface area (Å²) in [7, 11) is 0. The summed E-state index contributed by atoms with van der Waals surface area (Å²) in [5, 5.41) is 3.54. The maximum atomic E-state index is 13.3. The van der Waals surface area contributed by atoms with Gasteiger partial charge in [-0.25, -0.2) is 9.97 Å². The van der Waals surface area contributed by atoms with Crippen molar-refractivity contribution < 1.29 is 18.4 Å². The summed E-state index contributed by atoms with van der Waals surface area (Å²) in [6.45, 7) is 4.30. The van der Waals surface area contributed by atoms with Gasteiger partial charge in [0.05, 0.1) is 18.0 Å². The molecule has 0 radical (unpaired) electrons. The largest absolute Gasteiger partial charge is 0.493 e. The van der Waals surface area contributed by atoms with Crippen LogP contribution in [0.3, 0.4) is 0 Å². The number of nitrogens with zero attached hydrogens (tertiary/aromatic N) is 2. The minimum absolute atomic E-state index is 0.0466. The van der Waals surface area contributed by atoms with Crippen molar-refractivity contribution in [3.05, 3.63) is 155 Å². The maximum Gasteiger partial charge on any atom is 0.226 e. The van der Waals surface area contributed by atoms with E-state index in [-0.39, 0.29) is 11.8 Å². The predicted molar refractivity (Wildman–Crippen MR) is 170 cm³/mol. The van der Waals surface area contributed by atoms with E-state index in [2.05, 4.69) is 15.3 Å². The van der Waals surface area contributed by atoms with E-state index >= 15 is 0 Å². The van der Waals surface area contributed by atoms with Gasteiger partial charge in [-0.3, -0.25) is 4.79 Å². The summed E-state index contributed by atoms with van der Waals surface area (Å²) in [6, 6.07) is 34.4. The van der Waals surface area contributed by atoms with Crippen LogP contribution in [0.4, 0.5) is 5.69 Å². The second-order valence-corrected chi connectivity index (χ2v) is 10.6. The zero-order chi connectivity index (χ0) is 30.3. The van der Waals surface area contributed by atoms with Crippen LogP contribution in [-0.2, 0) is 12.8 Å². The smallest absolute Gasteiger partial charge is 0.226 e. The Morgan fingerprint density at radius 3 is 2.27 bits per heavy atom. The van der Waals surface area contributed by atoms with Crippen LogP contribution < -0.4 is 10.1 Å². The van der Waals surface area contributed by atoms with E-state index in [1.54, 1.807) is 6.26 Å². The molecule has 7 heteroatoms. The molecule has 44 heavy (non-hydrogen) atoms. The Morgan fingerprint density at radius 1 is 0.841 bits per heavy atom. The number of para-hydroxylation sites is 1. The van der Waals surface area contributed by atoms with Crippen molar-refractivity contribution >= 4 is 11.5 Å². The standard InChI is InChI=1S/C37H33N3O4/c1-25-24-43-37(38-25)34(39-33-16-10-9-15-31(33)35(41)28-11-5-3-6-12-28)23-27-17-19-30(20-18-27)42-22-21-32-26(2)44-36(40-32)29-13-7-4-8-14-29/h3-20,24,34,39H,21-23H2,1-2H3/t34-/m0/s1. The summed E-state index contributed by atoms with van der Waals surface area (Å²) in [4.78, 5) is 22.6. The summed E-state index contributed by atoms with van der Waals surface area (Å²) in [5.74, 6) is 2.71. The summed E-state index contributed by atoms with van der Waals surface area (Å²) in [6.07, 6.45) is 2.87. The number of aromatic nitrogens is 2. The second kappa shape index (κ2) is 13.3. The number of ether oxygens (including phenoxy) is 1. The lowest BCUT2D eigenvalue weighted by atomic mass is 10.00. The van der Waals surface area contributed by atoms with Gasteiger partial charge in [0, 0.05) is 35.2 Å². The molecular weight excluding hydrogens is 550 g/mol. The van der Waals surface area contributed by atoms with E-state index in [1.165, 1.54) is 0 Å². The van der Waals surface area contributed by atoms with Gasteiger partial charge in [-0.05, 0) is 55.8 Å². The van der Waals surface area contributed by atoms with Crippen molar-refractivity contribution in [3.63, 3.8) is 0 Å². The Kier molecular flexibility index (Phi) is 8.64. The molecule has 2 heterocycles. The molecule has 0 aliphatic heterocycles. The molecule has 0 aliphatic rings. The number of hydrogen-bond acceptors (Lipinski definition) is 7. The van der Waals surface area contributed by atoms with Gasteiger partial charge in [0.15, 0.2) is 5.78 Å². The number of nitrogens with one attached hydrogen (secondary N) is 1. The Balaban J connectivity index is 1.12. The lowest BCUT2D eigenvalue weighted by Gasteiger charge is -2.19. The number of carbonyl (C=O) groups excluding carboxylic acids is 1. The zero-order valence-electron chi connectivity index (χ0n) is 24.7. The van der Waals surface area contributed by atoms with E-state index in [4.69, 9.17) is 13.6 Å². The van der Waals surface area contributed by atoms with Crippen molar-refractivity contribution in [1.29, 1.82) is 0 Å². The van der Waals surface area contributed by atoms with Gasteiger partial charge in [0.2, 0.25) is 11.8 Å². The fourth-order valence-corrected chi connectivity index (χ4v) is 5.06. The van der Waals surface area contributed by atoms with Gasteiger partial charge >= 0.3 is 0 Å². The Bertz CT molecular complexity index is 1830. The average Bonchev–Trinajstić information content (AvgIpc) is 3.67. The van der Waals surface area contributed by atoms with Crippen LogP contribution in [0.5, 0.6) is 5.75 Å². The van der Waals surface area contributed by atoms with Crippen molar-refractivity contribution in [2.24, 2.45) is 0 Å². The van der Waals surface area contributed by atoms with E-state index in [0.29, 0.717) is 42.4 Å². The fourth-order valence-electron chi connectivity index (χ4n) is 5.06. The molecule has 2 aromatic heterocycles. The first-order valence-corrected chi connectivity index (χ1v) is 14.6. The van der Waals surface area contributed by atoms with Gasteiger partial charge in [-0.15, -0.1) is 0 Å². The highest BCUT2D eigenvalue weighted by Crippen LogP contribution is 2.28.